The highest BCUT2D eigenvalue weighted by atomic mass is 127. The van der Waals surface area contributed by atoms with Gasteiger partial charge in [-0.05, 0) is 6.08 Å². The summed E-state index contributed by atoms with van der Waals surface area (Å²) in [6, 6.07) is 0.205. The van der Waals surface area contributed by atoms with Crippen LogP contribution in [0, 0.1) is 0 Å². The molecule has 1 aliphatic heterocycles. The number of hydrogen-bond acceptors (Lipinski definition) is 2. The molecule has 0 N–H and O–H groups in total. The summed E-state index contributed by atoms with van der Waals surface area (Å²) in [6.07, 6.45) is 8.03. The molecule has 0 aromatic carbocycles. The predicted octanol–water partition coefficient (Wildman–Crippen LogP) is 1.73. The molecule has 1 atom stereocenters. The van der Waals surface area contributed by atoms with Crippen molar-refractivity contribution in [3.05, 3.63) is 24.3 Å². The summed E-state index contributed by atoms with van der Waals surface area (Å²) >= 11 is 2.13. The highest BCUT2D eigenvalue weighted by Crippen LogP contribution is 2.14. The monoisotopic (exact) mass is 244 g/mol. The van der Waals surface area contributed by atoms with Gasteiger partial charge in [0.05, 0.1) is 5.71 Å². The molecule has 2 aliphatic rings. The third kappa shape index (κ3) is 0.941. The summed E-state index contributed by atoms with van der Waals surface area (Å²) in [4.78, 5) is 8.50. The zero-order valence-corrected chi connectivity index (χ0v) is 7.32. The number of nitrogens with zero attached hydrogens (tertiary/aromatic N) is 2. The Balaban J connectivity index is 2.40. The zero-order chi connectivity index (χ0) is 6.97. The first kappa shape index (κ1) is 6.27. The van der Waals surface area contributed by atoms with Gasteiger partial charge in [-0.2, -0.15) is 0 Å². The molecule has 2 nitrogen and oxygen atoms in total. The summed E-state index contributed by atoms with van der Waals surface area (Å²) in [7, 11) is 0. The van der Waals surface area contributed by atoms with E-state index in [1.807, 2.05) is 24.3 Å². The Hall–Kier alpha value is -0.450. The first-order valence-corrected chi connectivity index (χ1v) is 4.11. The van der Waals surface area contributed by atoms with Crippen molar-refractivity contribution in [2.45, 2.75) is 6.04 Å². The Labute approximate surface area is 72.6 Å². The van der Waals surface area contributed by atoms with Crippen LogP contribution in [0.2, 0.25) is 0 Å². The van der Waals surface area contributed by atoms with Crippen LogP contribution in [0.15, 0.2) is 34.3 Å². The molecule has 3 heteroatoms. The molecule has 0 saturated carbocycles. The number of aliphatic imine (C=N–C) groups is 2. The van der Waals surface area contributed by atoms with E-state index in [9.17, 15) is 0 Å². The summed E-state index contributed by atoms with van der Waals surface area (Å²) < 4.78 is 0.855. The lowest BCUT2D eigenvalue weighted by molar-refractivity contribution is 1.11. The summed E-state index contributed by atoms with van der Waals surface area (Å²) in [5.41, 5.74) is 1.06. The second-order valence-electron chi connectivity index (χ2n) is 2.12. The maximum atomic E-state index is 4.27. The minimum absolute atomic E-state index is 0.205. The summed E-state index contributed by atoms with van der Waals surface area (Å²) in [5, 5.41) is 0. The first-order chi connectivity index (χ1) is 4.86. The maximum Gasteiger partial charge on any atom is 0.187 e. The van der Waals surface area contributed by atoms with E-state index in [1.54, 1.807) is 0 Å². The molecule has 10 heavy (non-hydrogen) atoms. The van der Waals surface area contributed by atoms with Crippen molar-refractivity contribution in [2.75, 3.05) is 0 Å². The second kappa shape index (κ2) is 2.30. The van der Waals surface area contributed by atoms with Crippen LogP contribution in [-0.4, -0.2) is 15.6 Å². The lowest BCUT2D eigenvalue weighted by Gasteiger charge is -2.02. The van der Waals surface area contributed by atoms with E-state index in [2.05, 4.69) is 32.6 Å². The third-order valence-electron chi connectivity index (χ3n) is 1.44. The highest BCUT2D eigenvalue weighted by molar-refractivity contribution is 14.1. The normalized spacial score (nSPS) is 27.9. The van der Waals surface area contributed by atoms with E-state index in [0.29, 0.717) is 0 Å². The number of allylic oxidation sites excluding steroid dienone is 2. The summed E-state index contributed by atoms with van der Waals surface area (Å²) in [5.74, 6) is 0. The van der Waals surface area contributed by atoms with Crippen molar-refractivity contribution in [2.24, 2.45) is 9.98 Å². The van der Waals surface area contributed by atoms with Crippen LogP contribution in [0.25, 0.3) is 0 Å². The van der Waals surface area contributed by atoms with Crippen molar-refractivity contribution in [1.82, 2.24) is 0 Å². The van der Waals surface area contributed by atoms with E-state index in [4.69, 9.17) is 0 Å². The molecule has 0 radical (unpaired) electrons. The van der Waals surface area contributed by atoms with Crippen molar-refractivity contribution in [3.63, 3.8) is 0 Å². The van der Waals surface area contributed by atoms with Crippen LogP contribution in [0.5, 0.6) is 0 Å². The van der Waals surface area contributed by atoms with Crippen LogP contribution in [0.1, 0.15) is 0 Å². The molecule has 0 aromatic heterocycles. The van der Waals surface area contributed by atoms with E-state index in [-0.39, 0.29) is 6.04 Å². The summed E-state index contributed by atoms with van der Waals surface area (Å²) in [6.45, 7) is 0. The fourth-order valence-electron chi connectivity index (χ4n) is 0.983. The molecule has 1 aliphatic carbocycles. The van der Waals surface area contributed by atoms with Gasteiger partial charge in [0.2, 0.25) is 0 Å². The Bertz CT molecular complexity index is 273. The molecule has 0 fully saturated rings. The molecule has 0 saturated heterocycles. The topological polar surface area (TPSA) is 24.7 Å². The van der Waals surface area contributed by atoms with Crippen LogP contribution in [-0.2, 0) is 0 Å². The third-order valence-corrected chi connectivity index (χ3v) is 1.96. The van der Waals surface area contributed by atoms with Crippen LogP contribution in [0.4, 0.5) is 0 Å². The Morgan fingerprint density at radius 1 is 1.40 bits per heavy atom. The number of hydrogen-bond donors (Lipinski definition) is 0. The van der Waals surface area contributed by atoms with Gasteiger partial charge >= 0.3 is 0 Å². The fourth-order valence-corrected chi connectivity index (χ4v) is 1.56. The largest absolute Gasteiger partial charge is 0.247 e. The van der Waals surface area contributed by atoms with Crippen molar-refractivity contribution >= 4 is 32.1 Å². The van der Waals surface area contributed by atoms with E-state index < -0.39 is 0 Å². The van der Waals surface area contributed by atoms with Gasteiger partial charge in [0.15, 0.2) is 3.84 Å². The fraction of sp³-hybridized carbons (Fsp3) is 0.143. The minimum Gasteiger partial charge on any atom is -0.247 e. The van der Waals surface area contributed by atoms with Crippen LogP contribution >= 0.6 is 22.6 Å². The Morgan fingerprint density at radius 2 is 2.30 bits per heavy atom. The van der Waals surface area contributed by atoms with Gasteiger partial charge in [0, 0.05) is 22.6 Å². The van der Waals surface area contributed by atoms with E-state index in [1.165, 1.54) is 0 Å². The van der Waals surface area contributed by atoms with Gasteiger partial charge in [0.1, 0.15) is 6.04 Å². The molecule has 0 amide bonds. The van der Waals surface area contributed by atoms with Crippen molar-refractivity contribution < 1.29 is 0 Å². The lowest BCUT2D eigenvalue weighted by atomic mass is 10.1. The van der Waals surface area contributed by atoms with E-state index >= 15 is 0 Å². The SMILES string of the molecule is IC1=NC2C=CC=CC2=N1. The molecule has 0 bridgehead atoms. The van der Waals surface area contributed by atoms with Crippen LogP contribution in [0.3, 0.4) is 0 Å². The quantitative estimate of drug-likeness (QED) is 0.458. The highest BCUT2D eigenvalue weighted by Gasteiger charge is 2.17. The standard InChI is InChI=1S/C7H5IN2/c8-7-9-5-3-1-2-4-6(5)10-7/h1-5H. The van der Waals surface area contributed by atoms with Gasteiger partial charge in [0.25, 0.3) is 0 Å². The zero-order valence-electron chi connectivity index (χ0n) is 5.16. The Morgan fingerprint density at radius 3 is 3.10 bits per heavy atom. The van der Waals surface area contributed by atoms with Gasteiger partial charge in [-0.25, -0.2) is 9.98 Å². The van der Waals surface area contributed by atoms with Crippen LogP contribution < -0.4 is 0 Å². The van der Waals surface area contributed by atoms with Gasteiger partial charge in [-0.1, -0.05) is 18.2 Å². The molecule has 2 rings (SSSR count). The van der Waals surface area contributed by atoms with E-state index in [0.717, 1.165) is 9.55 Å². The van der Waals surface area contributed by atoms with Crippen molar-refractivity contribution in [3.8, 4) is 0 Å². The molecular formula is C7H5IN2. The molecule has 50 valence electrons. The Kier molecular flexibility index (Phi) is 1.44. The number of halogens is 1. The molecule has 1 heterocycles. The number of rotatable bonds is 0. The average Bonchev–Trinajstić information content (AvgIpc) is 2.27. The number of amidine groups is 1. The number of fused-ring (bicyclic) bond motifs is 1. The van der Waals surface area contributed by atoms with Gasteiger partial charge < -0.3 is 0 Å². The molecular weight excluding hydrogens is 239 g/mol. The minimum atomic E-state index is 0.205. The second-order valence-corrected chi connectivity index (χ2v) is 3.09. The molecule has 0 aromatic rings. The first-order valence-electron chi connectivity index (χ1n) is 3.03. The molecule has 1 unspecified atom stereocenters. The lowest BCUT2D eigenvalue weighted by Crippen LogP contribution is -2.11. The van der Waals surface area contributed by atoms with Crippen molar-refractivity contribution in [1.29, 1.82) is 0 Å². The predicted molar refractivity (Wildman–Crippen MR) is 51.0 cm³/mol. The molecule has 0 spiro atoms. The van der Waals surface area contributed by atoms with Gasteiger partial charge in [-0.15, -0.1) is 0 Å². The smallest absolute Gasteiger partial charge is 0.187 e. The average molecular weight is 244 g/mol. The maximum absolute atomic E-state index is 4.27. The van der Waals surface area contributed by atoms with Gasteiger partial charge in [-0.3, -0.25) is 0 Å².